The number of amides is 1. The number of benzene rings is 1. The lowest BCUT2D eigenvalue weighted by Crippen LogP contribution is -2.42. The summed E-state index contributed by atoms with van der Waals surface area (Å²) in [5.74, 6) is -0.496. The number of carbonyl (C=O) groups excluding carboxylic acids is 2. The summed E-state index contributed by atoms with van der Waals surface area (Å²) in [6, 6.07) is 5.74. The molecule has 1 amide bonds. The summed E-state index contributed by atoms with van der Waals surface area (Å²) in [6.45, 7) is 2.38. The number of hydrogen-bond acceptors (Lipinski definition) is 5. The van der Waals surface area contributed by atoms with Crippen LogP contribution in [0.2, 0.25) is 0 Å². The minimum Gasteiger partial charge on any atom is -0.466 e. The lowest BCUT2D eigenvalue weighted by Gasteiger charge is -2.33. The quantitative estimate of drug-likeness (QED) is 0.406. The number of non-ortho nitro benzene ring substituents is 1. The van der Waals surface area contributed by atoms with Crippen LogP contribution in [0, 0.1) is 10.1 Å². The van der Waals surface area contributed by atoms with Crippen molar-refractivity contribution < 1.29 is 19.2 Å². The highest BCUT2D eigenvalue weighted by Crippen LogP contribution is 2.24. The molecule has 1 aliphatic rings. The van der Waals surface area contributed by atoms with Crippen molar-refractivity contribution in [2.24, 2.45) is 0 Å². The van der Waals surface area contributed by atoms with Gasteiger partial charge in [-0.1, -0.05) is 32.1 Å². The Labute approximate surface area is 159 Å². The summed E-state index contributed by atoms with van der Waals surface area (Å²) in [6.07, 6.45) is 7.67. The van der Waals surface area contributed by atoms with Crippen molar-refractivity contribution >= 4 is 17.6 Å². The van der Waals surface area contributed by atoms with Gasteiger partial charge in [-0.15, -0.1) is 0 Å². The number of esters is 1. The molecule has 0 N–H and O–H groups in total. The van der Waals surface area contributed by atoms with Crippen LogP contribution in [0.4, 0.5) is 5.69 Å². The van der Waals surface area contributed by atoms with Gasteiger partial charge in [-0.2, -0.15) is 0 Å². The molecule has 0 aromatic heterocycles. The second-order valence-corrected chi connectivity index (χ2v) is 6.86. The molecule has 0 saturated heterocycles. The summed E-state index contributed by atoms with van der Waals surface area (Å²) < 4.78 is 5.00. The van der Waals surface area contributed by atoms with Crippen molar-refractivity contribution in [3.63, 3.8) is 0 Å². The highest BCUT2D eigenvalue weighted by Gasteiger charge is 2.26. The standard InChI is InChI=1S/C20H28N2O5/c1-2-27-19(23)14-15-21(17-8-6-4-3-5-7-9-17)20(24)16-10-12-18(13-11-16)22(25)26/h10-13,17H,2-9,14-15H2,1H3. The van der Waals surface area contributed by atoms with Crippen LogP contribution in [0.3, 0.4) is 0 Å². The van der Waals surface area contributed by atoms with Crippen LogP contribution in [0.25, 0.3) is 0 Å². The zero-order chi connectivity index (χ0) is 19.6. The van der Waals surface area contributed by atoms with Crippen molar-refractivity contribution in [2.45, 2.75) is 64.3 Å². The molecule has 2 rings (SSSR count). The van der Waals surface area contributed by atoms with Gasteiger partial charge in [0.15, 0.2) is 0 Å². The first-order valence-corrected chi connectivity index (χ1v) is 9.74. The van der Waals surface area contributed by atoms with Crippen LogP contribution in [-0.2, 0) is 9.53 Å². The van der Waals surface area contributed by atoms with Crippen LogP contribution in [0.1, 0.15) is 68.6 Å². The number of nitrogens with zero attached hydrogens (tertiary/aromatic N) is 2. The fourth-order valence-corrected chi connectivity index (χ4v) is 3.53. The Bertz CT molecular complexity index is 636. The van der Waals surface area contributed by atoms with E-state index < -0.39 is 4.92 Å². The fraction of sp³-hybridized carbons (Fsp3) is 0.600. The molecule has 0 bridgehead atoms. The Morgan fingerprint density at radius 1 is 1.11 bits per heavy atom. The first-order chi connectivity index (χ1) is 13.0. The molecule has 1 aliphatic carbocycles. The third-order valence-electron chi connectivity index (χ3n) is 4.96. The summed E-state index contributed by atoms with van der Waals surface area (Å²) >= 11 is 0. The molecule has 0 atom stereocenters. The number of nitro groups is 1. The van der Waals surface area contributed by atoms with Crippen molar-refractivity contribution in [2.75, 3.05) is 13.2 Å². The van der Waals surface area contributed by atoms with Gasteiger partial charge in [-0.3, -0.25) is 19.7 Å². The van der Waals surface area contributed by atoms with Gasteiger partial charge in [0.2, 0.25) is 0 Å². The lowest BCUT2D eigenvalue weighted by molar-refractivity contribution is -0.384. The molecule has 0 radical (unpaired) electrons. The lowest BCUT2D eigenvalue weighted by atomic mass is 9.95. The molecular weight excluding hydrogens is 348 g/mol. The van der Waals surface area contributed by atoms with Crippen molar-refractivity contribution in [3.8, 4) is 0 Å². The maximum Gasteiger partial charge on any atom is 0.307 e. The molecule has 148 valence electrons. The van der Waals surface area contributed by atoms with Gasteiger partial charge in [0.05, 0.1) is 18.0 Å². The Kier molecular flexibility index (Phi) is 8.23. The maximum absolute atomic E-state index is 13.1. The van der Waals surface area contributed by atoms with E-state index >= 15 is 0 Å². The molecule has 7 heteroatoms. The van der Waals surface area contributed by atoms with Gasteiger partial charge in [0, 0.05) is 30.3 Å². The molecule has 1 aromatic rings. The molecule has 1 fully saturated rings. The van der Waals surface area contributed by atoms with E-state index in [1.165, 1.54) is 30.7 Å². The van der Waals surface area contributed by atoms with Gasteiger partial charge >= 0.3 is 5.97 Å². The molecule has 7 nitrogen and oxygen atoms in total. The minimum absolute atomic E-state index is 0.0458. The fourth-order valence-electron chi connectivity index (χ4n) is 3.53. The predicted molar refractivity (Wildman–Crippen MR) is 101 cm³/mol. The second kappa shape index (κ2) is 10.6. The van der Waals surface area contributed by atoms with E-state index in [0.717, 1.165) is 38.5 Å². The van der Waals surface area contributed by atoms with Crippen molar-refractivity contribution in [3.05, 3.63) is 39.9 Å². The second-order valence-electron chi connectivity index (χ2n) is 6.86. The topological polar surface area (TPSA) is 89.8 Å². The van der Waals surface area contributed by atoms with E-state index in [1.54, 1.807) is 11.8 Å². The SMILES string of the molecule is CCOC(=O)CCN(C(=O)c1ccc([N+](=O)[O-])cc1)C1CCCCCCC1. The summed E-state index contributed by atoms with van der Waals surface area (Å²) in [5, 5.41) is 10.8. The van der Waals surface area contributed by atoms with E-state index in [-0.39, 0.29) is 30.0 Å². The monoisotopic (exact) mass is 376 g/mol. The highest BCUT2D eigenvalue weighted by molar-refractivity contribution is 5.94. The van der Waals surface area contributed by atoms with Crippen LogP contribution in [0.15, 0.2) is 24.3 Å². The molecule has 0 unspecified atom stereocenters. The average molecular weight is 376 g/mol. The van der Waals surface area contributed by atoms with Crippen LogP contribution >= 0.6 is 0 Å². The summed E-state index contributed by atoms with van der Waals surface area (Å²) in [5.41, 5.74) is 0.363. The number of rotatable bonds is 7. The largest absolute Gasteiger partial charge is 0.466 e. The molecule has 1 saturated carbocycles. The molecule has 0 heterocycles. The van der Waals surface area contributed by atoms with E-state index in [4.69, 9.17) is 4.74 Å². The average Bonchev–Trinajstić information content (AvgIpc) is 2.63. The maximum atomic E-state index is 13.1. The number of hydrogen-bond donors (Lipinski definition) is 0. The number of nitro benzene ring substituents is 1. The normalized spacial score (nSPS) is 15.4. The first-order valence-electron chi connectivity index (χ1n) is 9.74. The third kappa shape index (κ3) is 6.34. The summed E-state index contributed by atoms with van der Waals surface area (Å²) in [7, 11) is 0. The van der Waals surface area contributed by atoms with Gasteiger partial charge in [0.25, 0.3) is 11.6 Å². The molecule has 0 aliphatic heterocycles. The van der Waals surface area contributed by atoms with Crippen molar-refractivity contribution in [1.29, 1.82) is 0 Å². The summed E-state index contributed by atoms with van der Waals surface area (Å²) in [4.78, 5) is 37.0. The van der Waals surface area contributed by atoms with E-state index in [1.807, 2.05) is 0 Å². The van der Waals surface area contributed by atoms with E-state index in [0.29, 0.717) is 18.7 Å². The van der Waals surface area contributed by atoms with Gasteiger partial charge in [-0.25, -0.2) is 0 Å². The number of carbonyl (C=O) groups is 2. The minimum atomic E-state index is -0.485. The zero-order valence-electron chi connectivity index (χ0n) is 15.9. The zero-order valence-corrected chi connectivity index (χ0v) is 15.9. The van der Waals surface area contributed by atoms with Gasteiger partial charge < -0.3 is 9.64 Å². The molecule has 1 aromatic carbocycles. The molecule has 0 spiro atoms. The predicted octanol–water partition coefficient (Wildman–Crippen LogP) is 4.10. The van der Waals surface area contributed by atoms with E-state index in [9.17, 15) is 19.7 Å². The van der Waals surface area contributed by atoms with Gasteiger partial charge in [-0.05, 0) is 31.9 Å². The first kappa shape index (κ1) is 20.9. The van der Waals surface area contributed by atoms with Crippen LogP contribution < -0.4 is 0 Å². The third-order valence-corrected chi connectivity index (χ3v) is 4.96. The van der Waals surface area contributed by atoms with Gasteiger partial charge in [0.1, 0.15) is 0 Å². The Balaban J connectivity index is 2.16. The Morgan fingerprint density at radius 3 is 2.26 bits per heavy atom. The number of ether oxygens (including phenoxy) is 1. The molecule has 27 heavy (non-hydrogen) atoms. The highest BCUT2D eigenvalue weighted by atomic mass is 16.6. The smallest absolute Gasteiger partial charge is 0.307 e. The Hall–Kier alpha value is -2.44. The van der Waals surface area contributed by atoms with Crippen LogP contribution in [0.5, 0.6) is 0 Å². The van der Waals surface area contributed by atoms with Crippen LogP contribution in [-0.4, -0.2) is 40.9 Å². The van der Waals surface area contributed by atoms with E-state index in [2.05, 4.69) is 0 Å². The Morgan fingerprint density at radius 2 is 1.70 bits per heavy atom. The molecular formula is C20H28N2O5. The van der Waals surface area contributed by atoms with Crippen molar-refractivity contribution in [1.82, 2.24) is 4.90 Å².